The van der Waals surface area contributed by atoms with Crippen LogP contribution in [0, 0.1) is 5.92 Å². The molecule has 1 amide bonds. The minimum atomic E-state index is -0.880. The molecule has 6 heteroatoms. The summed E-state index contributed by atoms with van der Waals surface area (Å²) in [7, 11) is 0. The van der Waals surface area contributed by atoms with Crippen molar-refractivity contribution >= 4 is 28.8 Å². The maximum Gasteiger partial charge on any atom is 0.321 e. The lowest BCUT2D eigenvalue weighted by atomic mass is 9.91. The number of fused-ring (bicyclic) bond motifs is 1. The van der Waals surface area contributed by atoms with E-state index in [0.717, 1.165) is 16.5 Å². The van der Waals surface area contributed by atoms with Crippen molar-refractivity contribution in [2.24, 2.45) is 10.9 Å². The molecule has 1 aromatic carbocycles. The predicted molar refractivity (Wildman–Crippen MR) is 80.9 cm³/mol. The molecule has 1 fully saturated rings. The Morgan fingerprint density at radius 2 is 2.19 bits per heavy atom. The van der Waals surface area contributed by atoms with Gasteiger partial charge < -0.3 is 4.74 Å². The second-order valence-corrected chi connectivity index (χ2v) is 5.90. The van der Waals surface area contributed by atoms with Crippen LogP contribution in [0.3, 0.4) is 0 Å². The minimum Gasteiger partial charge on any atom is -0.465 e. The van der Waals surface area contributed by atoms with Crippen LogP contribution in [-0.2, 0) is 14.3 Å². The van der Waals surface area contributed by atoms with Crippen molar-refractivity contribution in [3.05, 3.63) is 35.9 Å². The third-order valence-electron chi connectivity index (χ3n) is 3.56. The molecule has 0 N–H and O–H groups in total. The highest BCUT2D eigenvalue weighted by Crippen LogP contribution is 2.37. The van der Waals surface area contributed by atoms with Crippen LogP contribution in [0.2, 0.25) is 0 Å². The fraction of sp³-hybridized carbons (Fsp3) is 0.400. The van der Waals surface area contributed by atoms with E-state index in [1.54, 1.807) is 23.6 Å². The van der Waals surface area contributed by atoms with Crippen molar-refractivity contribution in [2.75, 3.05) is 18.9 Å². The van der Waals surface area contributed by atoms with Crippen LogP contribution in [0.1, 0.15) is 18.5 Å². The van der Waals surface area contributed by atoms with Gasteiger partial charge >= 0.3 is 5.97 Å². The fourth-order valence-electron chi connectivity index (χ4n) is 2.59. The molecule has 2 heterocycles. The van der Waals surface area contributed by atoms with Crippen LogP contribution in [0.4, 0.5) is 0 Å². The number of esters is 1. The highest BCUT2D eigenvalue weighted by atomic mass is 32.2. The third kappa shape index (κ3) is 2.55. The van der Waals surface area contributed by atoms with Crippen LogP contribution in [0.5, 0.6) is 0 Å². The number of carbonyl (C=O) groups excluding carboxylic acids is 2. The number of amides is 1. The van der Waals surface area contributed by atoms with Crippen LogP contribution in [-0.4, -0.2) is 40.8 Å². The van der Waals surface area contributed by atoms with Crippen molar-refractivity contribution in [3.8, 4) is 0 Å². The maximum atomic E-state index is 12.6. The van der Waals surface area contributed by atoms with Crippen LogP contribution >= 0.6 is 11.8 Å². The Morgan fingerprint density at radius 3 is 2.90 bits per heavy atom. The van der Waals surface area contributed by atoms with Crippen molar-refractivity contribution in [3.63, 3.8) is 0 Å². The summed E-state index contributed by atoms with van der Waals surface area (Å²) in [5.41, 5.74) is 0.864. The average Bonchev–Trinajstić information content (AvgIpc) is 2.97. The Morgan fingerprint density at radius 1 is 1.43 bits per heavy atom. The molecule has 2 aliphatic rings. The highest BCUT2D eigenvalue weighted by Gasteiger charge is 2.46. The largest absolute Gasteiger partial charge is 0.465 e. The van der Waals surface area contributed by atoms with Crippen molar-refractivity contribution < 1.29 is 14.3 Å². The Labute approximate surface area is 127 Å². The molecule has 0 aromatic heterocycles. The Balaban J connectivity index is 2.01. The number of benzene rings is 1. The number of hydrogen-bond donors (Lipinski definition) is 0. The Hall–Kier alpha value is -1.82. The van der Waals surface area contributed by atoms with Crippen molar-refractivity contribution in [1.82, 2.24) is 4.90 Å². The van der Waals surface area contributed by atoms with Crippen molar-refractivity contribution in [2.45, 2.75) is 13.0 Å². The van der Waals surface area contributed by atoms with Gasteiger partial charge in [0.1, 0.15) is 6.04 Å². The molecule has 110 valence electrons. The van der Waals surface area contributed by atoms with Gasteiger partial charge in [0.25, 0.3) is 0 Å². The number of rotatable bonds is 3. The summed E-state index contributed by atoms with van der Waals surface area (Å²) < 4.78 is 5.09. The van der Waals surface area contributed by atoms with E-state index < -0.39 is 17.9 Å². The zero-order chi connectivity index (χ0) is 14.8. The minimum absolute atomic E-state index is 0.197. The van der Waals surface area contributed by atoms with Gasteiger partial charge in [0.15, 0.2) is 11.1 Å². The molecule has 1 aromatic rings. The zero-order valence-corrected chi connectivity index (χ0v) is 12.5. The summed E-state index contributed by atoms with van der Waals surface area (Å²) >= 11 is 1.56. The lowest BCUT2D eigenvalue weighted by Crippen LogP contribution is -2.46. The molecule has 5 nitrogen and oxygen atoms in total. The van der Waals surface area contributed by atoms with Crippen LogP contribution in [0.15, 0.2) is 35.3 Å². The van der Waals surface area contributed by atoms with E-state index >= 15 is 0 Å². The topological polar surface area (TPSA) is 59.0 Å². The van der Waals surface area contributed by atoms with Gasteiger partial charge in [-0.05, 0) is 12.5 Å². The maximum absolute atomic E-state index is 12.6. The molecule has 21 heavy (non-hydrogen) atoms. The molecule has 0 aliphatic carbocycles. The zero-order valence-electron chi connectivity index (χ0n) is 11.7. The summed E-state index contributed by atoms with van der Waals surface area (Å²) in [6, 6.07) is 8.96. The average molecular weight is 304 g/mol. The van der Waals surface area contributed by atoms with Gasteiger partial charge in [0.05, 0.1) is 6.61 Å². The number of amidine groups is 1. The molecule has 0 spiro atoms. The van der Waals surface area contributed by atoms with Crippen molar-refractivity contribution in [1.29, 1.82) is 0 Å². The number of aliphatic imine (C=N–C) groups is 1. The van der Waals surface area contributed by atoms with E-state index in [9.17, 15) is 9.59 Å². The number of hydrogen-bond acceptors (Lipinski definition) is 5. The van der Waals surface area contributed by atoms with E-state index in [1.165, 1.54) is 0 Å². The molecule has 2 unspecified atom stereocenters. The van der Waals surface area contributed by atoms with Crippen LogP contribution < -0.4 is 0 Å². The molecule has 2 atom stereocenters. The molecule has 3 rings (SSSR count). The monoisotopic (exact) mass is 304 g/mol. The first-order valence-electron chi connectivity index (χ1n) is 6.96. The first-order valence-corrected chi connectivity index (χ1v) is 7.94. The molecular weight excluding hydrogens is 288 g/mol. The van der Waals surface area contributed by atoms with Gasteiger partial charge in [-0.1, -0.05) is 42.1 Å². The van der Waals surface area contributed by atoms with Gasteiger partial charge in [-0.15, -0.1) is 0 Å². The van der Waals surface area contributed by atoms with Crippen LogP contribution in [0.25, 0.3) is 0 Å². The first kappa shape index (κ1) is 14.1. The Bertz CT molecular complexity index is 588. The fourth-order valence-corrected chi connectivity index (χ4v) is 3.57. The lowest BCUT2D eigenvalue weighted by molar-refractivity contribution is -0.155. The molecule has 1 saturated heterocycles. The standard InChI is InChI=1S/C15H16N2O3S/c1-2-20-14(19)11-12(10-6-4-3-5-7-10)16-15-17(13(11)18)8-9-21-15/h3-7,11-12H,2,8-9H2,1H3. The van der Waals surface area contributed by atoms with Gasteiger partial charge in [0, 0.05) is 12.3 Å². The van der Waals surface area contributed by atoms with E-state index in [4.69, 9.17) is 4.74 Å². The molecule has 0 radical (unpaired) electrons. The number of ether oxygens (including phenoxy) is 1. The molecule has 2 aliphatic heterocycles. The van der Waals surface area contributed by atoms with E-state index in [1.807, 2.05) is 30.3 Å². The predicted octanol–water partition coefficient (Wildman–Crippen LogP) is 1.85. The summed E-state index contributed by atoms with van der Waals surface area (Å²) in [6.07, 6.45) is 0. The summed E-state index contributed by atoms with van der Waals surface area (Å²) in [5.74, 6) is -0.745. The molecular formula is C15H16N2O3S. The summed E-state index contributed by atoms with van der Waals surface area (Å²) in [4.78, 5) is 31.1. The van der Waals surface area contributed by atoms with Gasteiger partial charge in [0.2, 0.25) is 5.91 Å². The summed E-state index contributed by atoms with van der Waals surface area (Å²) in [5, 5.41) is 0.717. The Kier molecular flexibility index (Phi) is 3.96. The first-order chi connectivity index (χ1) is 10.2. The van der Waals surface area contributed by atoms with Gasteiger partial charge in [-0.25, -0.2) is 0 Å². The number of thioether (sulfide) groups is 1. The third-order valence-corrected chi connectivity index (χ3v) is 4.53. The summed E-state index contributed by atoms with van der Waals surface area (Å²) in [6.45, 7) is 2.61. The SMILES string of the molecule is CCOC(=O)C1C(=O)N2CCSC2=NC1c1ccccc1. The van der Waals surface area contributed by atoms with Gasteiger partial charge in [-0.2, -0.15) is 0 Å². The van der Waals surface area contributed by atoms with Gasteiger partial charge in [-0.3, -0.25) is 19.5 Å². The van der Waals surface area contributed by atoms with E-state index in [0.29, 0.717) is 6.54 Å². The smallest absolute Gasteiger partial charge is 0.321 e. The molecule has 0 bridgehead atoms. The van der Waals surface area contributed by atoms with E-state index in [-0.39, 0.29) is 12.5 Å². The lowest BCUT2D eigenvalue weighted by Gasteiger charge is -2.31. The number of nitrogens with zero attached hydrogens (tertiary/aromatic N) is 2. The second-order valence-electron chi connectivity index (χ2n) is 4.84. The van der Waals surface area contributed by atoms with E-state index in [2.05, 4.69) is 4.99 Å². The second kappa shape index (κ2) is 5.89. The quantitative estimate of drug-likeness (QED) is 0.631. The molecule has 0 saturated carbocycles. The number of carbonyl (C=O) groups is 2. The highest BCUT2D eigenvalue weighted by molar-refractivity contribution is 8.14. The normalized spacial score (nSPS) is 24.5.